The molecule has 0 aromatic heterocycles. The molecule has 0 fully saturated rings. The van der Waals surface area contributed by atoms with Gasteiger partial charge in [0.25, 0.3) is 0 Å². The molecule has 0 atom stereocenters. The number of hydrogen-bond acceptors (Lipinski definition) is 3. The van der Waals surface area contributed by atoms with Crippen LogP contribution in [0, 0.1) is 0 Å². The van der Waals surface area contributed by atoms with Gasteiger partial charge in [0.05, 0.1) is 6.21 Å². The summed E-state index contributed by atoms with van der Waals surface area (Å²) in [6.45, 7) is 2.75. The average molecular weight is 381 g/mol. The fourth-order valence-corrected chi connectivity index (χ4v) is 2.90. The summed E-state index contributed by atoms with van der Waals surface area (Å²) in [7, 11) is 0. The van der Waals surface area contributed by atoms with Crippen LogP contribution in [0.4, 0.5) is 0 Å². The van der Waals surface area contributed by atoms with Crippen molar-refractivity contribution in [3.63, 3.8) is 0 Å². The van der Waals surface area contributed by atoms with Gasteiger partial charge in [0.1, 0.15) is 12.4 Å². The van der Waals surface area contributed by atoms with E-state index in [-0.39, 0.29) is 5.91 Å². The van der Waals surface area contributed by atoms with Gasteiger partial charge in [-0.15, -0.1) is 0 Å². The lowest BCUT2D eigenvalue weighted by atomic mass is 10.1. The molecule has 0 bridgehead atoms. The highest BCUT2D eigenvalue weighted by Crippen LogP contribution is 2.14. The van der Waals surface area contributed by atoms with Crippen LogP contribution in [0.2, 0.25) is 0 Å². The number of ether oxygens (including phenoxy) is 1. The number of unbranched alkanes of at least 4 members (excludes halogenated alkanes) is 6. The van der Waals surface area contributed by atoms with E-state index in [1.54, 1.807) is 6.21 Å². The molecule has 0 spiro atoms. The zero-order valence-electron chi connectivity index (χ0n) is 16.9. The third kappa shape index (κ3) is 9.36. The fraction of sp³-hybridized carbons (Fsp3) is 0.417. The monoisotopic (exact) mass is 380 g/mol. The number of carbonyl (C=O) groups is 1. The van der Waals surface area contributed by atoms with Gasteiger partial charge in [-0.3, -0.25) is 4.79 Å². The Kier molecular flexibility index (Phi) is 10.5. The van der Waals surface area contributed by atoms with Crippen molar-refractivity contribution in [1.29, 1.82) is 0 Å². The van der Waals surface area contributed by atoms with Crippen LogP contribution in [0.3, 0.4) is 0 Å². The average Bonchev–Trinajstić information content (AvgIpc) is 2.73. The van der Waals surface area contributed by atoms with Crippen molar-refractivity contribution in [2.24, 2.45) is 5.10 Å². The minimum Gasteiger partial charge on any atom is -0.489 e. The van der Waals surface area contributed by atoms with E-state index in [0.717, 1.165) is 29.7 Å². The maximum absolute atomic E-state index is 11.8. The third-order valence-electron chi connectivity index (χ3n) is 4.52. The number of amides is 1. The largest absolute Gasteiger partial charge is 0.489 e. The molecule has 0 aliphatic heterocycles. The molecule has 0 heterocycles. The lowest BCUT2D eigenvalue weighted by molar-refractivity contribution is -0.121. The summed E-state index contributed by atoms with van der Waals surface area (Å²) in [5.74, 6) is 0.753. The van der Waals surface area contributed by atoms with Gasteiger partial charge in [-0.2, -0.15) is 5.10 Å². The van der Waals surface area contributed by atoms with Crippen molar-refractivity contribution in [2.75, 3.05) is 0 Å². The van der Waals surface area contributed by atoms with E-state index < -0.39 is 0 Å². The lowest BCUT2D eigenvalue weighted by Crippen LogP contribution is -2.16. The zero-order chi connectivity index (χ0) is 19.9. The minimum absolute atomic E-state index is 0.0266. The summed E-state index contributed by atoms with van der Waals surface area (Å²) < 4.78 is 5.81. The Bertz CT molecular complexity index is 714. The molecule has 150 valence electrons. The number of nitrogens with zero attached hydrogens (tertiary/aromatic N) is 1. The number of nitrogens with one attached hydrogen (secondary N) is 1. The molecule has 4 nitrogen and oxygen atoms in total. The number of benzene rings is 2. The molecule has 2 rings (SSSR count). The standard InChI is InChI=1S/C24H32N2O2/c1-2-3-4-5-6-7-11-17-24(27)26-25-19-22-15-12-16-23(18-22)28-20-21-13-9-8-10-14-21/h8-10,12-16,18-19H,2-7,11,17,20H2,1H3,(H,26,27). The Morgan fingerprint density at radius 2 is 1.71 bits per heavy atom. The molecule has 2 aromatic rings. The molecular weight excluding hydrogens is 348 g/mol. The van der Waals surface area contributed by atoms with E-state index in [1.807, 2.05) is 54.6 Å². The maximum Gasteiger partial charge on any atom is 0.240 e. The SMILES string of the molecule is CCCCCCCCCC(=O)NN=Cc1cccc(OCc2ccccc2)c1. The molecule has 28 heavy (non-hydrogen) atoms. The Labute approximate surface area is 169 Å². The summed E-state index contributed by atoms with van der Waals surface area (Å²) in [6, 6.07) is 17.7. The number of carbonyl (C=O) groups excluding carboxylic acids is 1. The second-order valence-corrected chi connectivity index (χ2v) is 7.01. The number of rotatable bonds is 13. The minimum atomic E-state index is -0.0266. The lowest BCUT2D eigenvalue weighted by Gasteiger charge is -2.06. The van der Waals surface area contributed by atoms with Crippen LogP contribution in [-0.2, 0) is 11.4 Å². The fourth-order valence-electron chi connectivity index (χ4n) is 2.90. The van der Waals surface area contributed by atoms with E-state index >= 15 is 0 Å². The van der Waals surface area contributed by atoms with Crippen LogP contribution < -0.4 is 10.2 Å². The van der Waals surface area contributed by atoms with E-state index in [2.05, 4.69) is 17.5 Å². The van der Waals surface area contributed by atoms with Gasteiger partial charge in [-0.25, -0.2) is 5.43 Å². The summed E-state index contributed by atoms with van der Waals surface area (Å²) in [5.41, 5.74) is 4.62. The highest BCUT2D eigenvalue weighted by Gasteiger charge is 2.00. The molecule has 1 N–H and O–H groups in total. The van der Waals surface area contributed by atoms with Crippen LogP contribution in [0.15, 0.2) is 59.7 Å². The molecule has 2 aromatic carbocycles. The van der Waals surface area contributed by atoms with Gasteiger partial charge < -0.3 is 4.74 Å². The third-order valence-corrected chi connectivity index (χ3v) is 4.52. The molecular formula is C24H32N2O2. The second kappa shape index (κ2) is 13.5. The first-order chi connectivity index (χ1) is 13.8. The van der Waals surface area contributed by atoms with Crippen LogP contribution in [-0.4, -0.2) is 12.1 Å². The predicted octanol–water partition coefficient (Wildman–Crippen LogP) is 5.86. The smallest absolute Gasteiger partial charge is 0.240 e. The summed E-state index contributed by atoms with van der Waals surface area (Å²) in [4.78, 5) is 11.8. The zero-order valence-corrected chi connectivity index (χ0v) is 16.9. The normalized spacial score (nSPS) is 10.9. The Balaban J connectivity index is 1.65. The van der Waals surface area contributed by atoms with Crippen LogP contribution in [0.5, 0.6) is 5.75 Å². The summed E-state index contributed by atoms with van der Waals surface area (Å²) in [5, 5.41) is 4.06. The quantitative estimate of drug-likeness (QED) is 0.269. The van der Waals surface area contributed by atoms with Gasteiger partial charge in [0.15, 0.2) is 0 Å². The van der Waals surface area contributed by atoms with Gasteiger partial charge >= 0.3 is 0 Å². The second-order valence-electron chi connectivity index (χ2n) is 7.01. The molecule has 1 amide bonds. The van der Waals surface area contributed by atoms with Gasteiger partial charge in [-0.05, 0) is 29.7 Å². The molecule has 4 heteroatoms. The Morgan fingerprint density at radius 3 is 2.50 bits per heavy atom. The topological polar surface area (TPSA) is 50.7 Å². The van der Waals surface area contributed by atoms with Crippen molar-refractivity contribution in [1.82, 2.24) is 5.43 Å². The van der Waals surface area contributed by atoms with Crippen molar-refractivity contribution in [3.8, 4) is 5.75 Å². The van der Waals surface area contributed by atoms with Crippen LogP contribution in [0.25, 0.3) is 0 Å². The van der Waals surface area contributed by atoms with Crippen molar-refractivity contribution >= 4 is 12.1 Å². The summed E-state index contributed by atoms with van der Waals surface area (Å²) in [6.07, 6.45) is 10.6. The van der Waals surface area contributed by atoms with Crippen molar-refractivity contribution in [3.05, 3.63) is 65.7 Å². The van der Waals surface area contributed by atoms with E-state index in [1.165, 1.54) is 32.1 Å². The first kappa shape index (κ1) is 21.7. The maximum atomic E-state index is 11.8. The molecule has 0 saturated heterocycles. The predicted molar refractivity (Wildman–Crippen MR) is 116 cm³/mol. The Hall–Kier alpha value is -2.62. The first-order valence-electron chi connectivity index (χ1n) is 10.4. The van der Waals surface area contributed by atoms with Crippen molar-refractivity contribution in [2.45, 2.75) is 64.9 Å². The van der Waals surface area contributed by atoms with Crippen LogP contribution >= 0.6 is 0 Å². The summed E-state index contributed by atoms with van der Waals surface area (Å²) >= 11 is 0. The molecule has 0 aliphatic carbocycles. The number of hydrazone groups is 1. The first-order valence-corrected chi connectivity index (χ1v) is 10.4. The molecule has 0 saturated carbocycles. The van der Waals surface area contributed by atoms with Gasteiger partial charge in [0, 0.05) is 6.42 Å². The van der Waals surface area contributed by atoms with Gasteiger partial charge in [-0.1, -0.05) is 87.9 Å². The van der Waals surface area contributed by atoms with E-state index in [9.17, 15) is 4.79 Å². The molecule has 0 unspecified atom stereocenters. The van der Waals surface area contributed by atoms with Crippen molar-refractivity contribution < 1.29 is 9.53 Å². The van der Waals surface area contributed by atoms with E-state index in [0.29, 0.717) is 13.0 Å². The van der Waals surface area contributed by atoms with Gasteiger partial charge in [0.2, 0.25) is 5.91 Å². The van der Waals surface area contributed by atoms with E-state index in [4.69, 9.17) is 4.74 Å². The molecule has 0 radical (unpaired) electrons. The Morgan fingerprint density at radius 1 is 0.964 bits per heavy atom. The molecule has 0 aliphatic rings. The highest BCUT2D eigenvalue weighted by atomic mass is 16.5. The highest BCUT2D eigenvalue weighted by molar-refractivity contribution is 5.82. The number of hydrogen-bond donors (Lipinski definition) is 1. The van der Waals surface area contributed by atoms with Crippen LogP contribution in [0.1, 0.15) is 69.4 Å².